The van der Waals surface area contributed by atoms with Gasteiger partial charge in [0.25, 0.3) is 0 Å². The Labute approximate surface area is 106 Å². The van der Waals surface area contributed by atoms with Crippen molar-refractivity contribution in [1.82, 2.24) is 4.90 Å². The van der Waals surface area contributed by atoms with Gasteiger partial charge in [0.15, 0.2) is 0 Å². The molecule has 0 saturated carbocycles. The topological polar surface area (TPSA) is 20.3 Å². The third kappa shape index (κ3) is 4.35. The maximum Gasteiger partial charge on any atom is 0.237 e. The molecule has 0 spiro atoms. The van der Waals surface area contributed by atoms with E-state index in [1.807, 2.05) is 13.8 Å². The number of hydrogen-bond donors (Lipinski definition) is 0. The second-order valence-corrected chi connectivity index (χ2v) is 4.46. The fourth-order valence-corrected chi connectivity index (χ4v) is 1.80. The Morgan fingerprint density at radius 2 is 1.94 bits per heavy atom. The van der Waals surface area contributed by atoms with Crippen LogP contribution in [0.4, 0.5) is 4.39 Å². The Hall–Kier alpha value is -1.09. The molecule has 0 saturated heterocycles. The first-order valence-corrected chi connectivity index (χ1v) is 6.18. The van der Waals surface area contributed by atoms with Crippen molar-refractivity contribution in [3.63, 3.8) is 0 Å². The summed E-state index contributed by atoms with van der Waals surface area (Å²) in [5.41, 5.74) is 1.01. The van der Waals surface area contributed by atoms with E-state index < -0.39 is 0 Å². The van der Waals surface area contributed by atoms with Gasteiger partial charge in [-0.1, -0.05) is 12.1 Å². The van der Waals surface area contributed by atoms with Crippen LogP contribution in [-0.4, -0.2) is 29.3 Å². The predicted octanol–water partition coefficient (Wildman–Crippen LogP) is 2.84. The van der Waals surface area contributed by atoms with Crippen molar-refractivity contribution in [3.05, 3.63) is 35.6 Å². The van der Waals surface area contributed by atoms with Crippen molar-refractivity contribution in [1.29, 1.82) is 0 Å². The molecule has 0 atom stereocenters. The van der Waals surface area contributed by atoms with Crippen LogP contribution in [0.2, 0.25) is 0 Å². The summed E-state index contributed by atoms with van der Waals surface area (Å²) in [5.74, 6) is -0.309. The number of halogens is 2. The summed E-state index contributed by atoms with van der Waals surface area (Å²) < 4.78 is 12.7. The van der Waals surface area contributed by atoms with Gasteiger partial charge in [0, 0.05) is 12.6 Å². The van der Waals surface area contributed by atoms with Gasteiger partial charge in [0.2, 0.25) is 5.91 Å². The van der Waals surface area contributed by atoms with E-state index in [0.29, 0.717) is 13.0 Å². The van der Waals surface area contributed by atoms with Gasteiger partial charge in [0.05, 0.1) is 0 Å². The van der Waals surface area contributed by atoms with Crippen molar-refractivity contribution in [2.75, 3.05) is 12.4 Å². The molecular weight excluding hydrogens is 241 g/mol. The number of carbonyl (C=O) groups excluding carboxylic acids is 1. The van der Waals surface area contributed by atoms with Crippen LogP contribution in [0.15, 0.2) is 24.3 Å². The van der Waals surface area contributed by atoms with Crippen LogP contribution < -0.4 is 0 Å². The zero-order valence-electron chi connectivity index (χ0n) is 10.1. The highest BCUT2D eigenvalue weighted by molar-refractivity contribution is 6.27. The Morgan fingerprint density at radius 1 is 1.35 bits per heavy atom. The highest BCUT2D eigenvalue weighted by atomic mass is 35.5. The third-order valence-corrected chi connectivity index (χ3v) is 2.84. The second kappa shape index (κ2) is 6.60. The van der Waals surface area contributed by atoms with E-state index in [2.05, 4.69) is 0 Å². The minimum atomic E-state index is -0.244. The average Bonchev–Trinajstić information content (AvgIpc) is 2.31. The lowest BCUT2D eigenvalue weighted by molar-refractivity contribution is -0.130. The lowest BCUT2D eigenvalue weighted by atomic mass is 10.1. The van der Waals surface area contributed by atoms with E-state index in [4.69, 9.17) is 11.6 Å². The molecule has 0 aromatic heterocycles. The number of nitrogens with zero attached hydrogens (tertiary/aromatic N) is 1. The van der Waals surface area contributed by atoms with E-state index in [1.165, 1.54) is 12.1 Å². The van der Waals surface area contributed by atoms with Crippen LogP contribution in [0.3, 0.4) is 0 Å². The summed E-state index contributed by atoms with van der Waals surface area (Å²) in [7, 11) is 0. The number of carbonyl (C=O) groups is 1. The number of benzene rings is 1. The quantitative estimate of drug-likeness (QED) is 0.743. The van der Waals surface area contributed by atoms with Crippen LogP contribution in [0.1, 0.15) is 19.4 Å². The highest BCUT2D eigenvalue weighted by Gasteiger charge is 2.15. The Bertz CT molecular complexity index is 364. The third-order valence-electron chi connectivity index (χ3n) is 2.61. The SMILES string of the molecule is CC(C)N(CCc1ccc(F)cc1)C(=O)CCl. The van der Waals surface area contributed by atoms with Gasteiger partial charge in [0.1, 0.15) is 11.7 Å². The predicted molar refractivity (Wildman–Crippen MR) is 67.7 cm³/mol. The largest absolute Gasteiger partial charge is 0.339 e. The first-order chi connectivity index (χ1) is 8.04. The lowest BCUT2D eigenvalue weighted by Crippen LogP contribution is -2.39. The van der Waals surface area contributed by atoms with Gasteiger partial charge in [-0.15, -0.1) is 11.6 Å². The summed E-state index contributed by atoms with van der Waals surface area (Å²) in [6, 6.07) is 6.45. The molecule has 1 aromatic carbocycles. The fraction of sp³-hybridized carbons (Fsp3) is 0.462. The summed E-state index contributed by atoms with van der Waals surface area (Å²) in [6.45, 7) is 4.51. The summed E-state index contributed by atoms with van der Waals surface area (Å²) >= 11 is 5.55. The first kappa shape index (κ1) is 14.0. The van der Waals surface area contributed by atoms with E-state index in [9.17, 15) is 9.18 Å². The summed E-state index contributed by atoms with van der Waals surface area (Å²) in [6.07, 6.45) is 0.709. The molecule has 0 N–H and O–H groups in total. The van der Waals surface area contributed by atoms with Crippen molar-refractivity contribution in [2.45, 2.75) is 26.3 Å². The molecule has 0 fully saturated rings. The molecular formula is C13H17ClFNO. The molecule has 0 unspecified atom stereocenters. The second-order valence-electron chi connectivity index (χ2n) is 4.19. The minimum absolute atomic E-state index is 0.00159. The van der Waals surface area contributed by atoms with Gasteiger partial charge in [-0.05, 0) is 38.0 Å². The van der Waals surface area contributed by atoms with E-state index >= 15 is 0 Å². The summed E-state index contributed by atoms with van der Waals surface area (Å²) in [5, 5.41) is 0. The molecule has 0 bridgehead atoms. The van der Waals surface area contributed by atoms with E-state index in [0.717, 1.165) is 5.56 Å². The maximum atomic E-state index is 12.7. The zero-order valence-corrected chi connectivity index (χ0v) is 10.9. The standard InChI is InChI=1S/C13H17ClFNO/c1-10(2)16(13(17)9-14)8-7-11-3-5-12(15)6-4-11/h3-6,10H,7-9H2,1-2H3. The van der Waals surface area contributed by atoms with Crippen LogP contribution in [-0.2, 0) is 11.2 Å². The molecule has 2 nitrogen and oxygen atoms in total. The molecule has 1 aromatic rings. The van der Waals surface area contributed by atoms with Crippen molar-refractivity contribution in [2.24, 2.45) is 0 Å². The molecule has 0 aliphatic heterocycles. The molecule has 0 heterocycles. The van der Waals surface area contributed by atoms with Gasteiger partial charge in [-0.3, -0.25) is 4.79 Å². The average molecular weight is 258 g/mol. The smallest absolute Gasteiger partial charge is 0.237 e. The van der Waals surface area contributed by atoms with Crippen LogP contribution in [0, 0.1) is 5.82 Å². The molecule has 1 amide bonds. The molecule has 4 heteroatoms. The Kier molecular flexibility index (Phi) is 5.42. The van der Waals surface area contributed by atoms with E-state index in [-0.39, 0.29) is 23.6 Å². The first-order valence-electron chi connectivity index (χ1n) is 5.64. The van der Waals surface area contributed by atoms with Gasteiger partial charge in [-0.2, -0.15) is 0 Å². The van der Waals surface area contributed by atoms with Crippen LogP contribution >= 0.6 is 11.6 Å². The highest BCUT2D eigenvalue weighted by Crippen LogP contribution is 2.07. The fourth-order valence-electron chi connectivity index (χ4n) is 1.65. The van der Waals surface area contributed by atoms with Gasteiger partial charge in [-0.25, -0.2) is 4.39 Å². The molecule has 0 radical (unpaired) electrons. The summed E-state index contributed by atoms with van der Waals surface area (Å²) in [4.78, 5) is 13.3. The van der Waals surface area contributed by atoms with Gasteiger partial charge >= 0.3 is 0 Å². The van der Waals surface area contributed by atoms with Crippen molar-refractivity contribution < 1.29 is 9.18 Å². The maximum absolute atomic E-state index is 12.7. The van der Waals surface area contributed by atoms with Gasteiger partial charge < -0.3 is 4.90 Å². The molecule has 17 heavy (non-hydrogen) atoms. The lowest BCUT2D eigenvalue weighted by Gasteiger charge is -2.26. The Morgan fingerprint density at radius 3 is 2.41 bits per heavy atom. The molecule has 94 valence electrons. The van der Waals surface area contributed by atoms with Crippen LogP contribution in [0.25, 0.3) is 0 Å². The number of amides is 1. The molecule has 0 aliphatic carbocycles. The number of alkyl halides is 1. The zero-order chi connectivity index (χ0) is 12.8. The number of hydrogen-bond acceptors (Lipinski definition) is 1. The van der Waals surface area contributed by atoms with E-state index in [1.54, 1.807) is 17.0 Å². The minimum Gasteiger partial charge on any atom is -0.339 e. The molecule has 0 aliphatic rings. The Balaban J connectivity index is 2.58. The molecule has 1 rings (SSSR count). The normalized spacial score (nSPS) is 10.6. The monoisotopic (exact) mass is 257 g/mol. The number of rotatable bonds is 5. The van der Waals surface area contributed by atoms with Crippen molar-refractivity contribution >= 4 is 17.5 Å². The van der Waals surface area contributed by atoms with Crippen LogP contribution in [0.5, 0.6) is 0 Å². The van der Waals surface area contributed by atoms with Crippen molar-refractivity contribution in [3.8, 4) is 0 Å².